The van der Waals surface area contributed by atoms with Gasteiger partial charge in [0.05, 0.1) is 17.0 Å². The van der Waals surface area contributed by atoms with Crippen LogP contribution in [0.15, 0.2) is 41.8 Å². The van der Waals surface area contributed by atoms with Crippen molar-refractivity contribution in [3.05, 3.63) is 52.2 Å². The van der Waals surface area contributed by atoms with Crippen molar-refractivity contribution in [3.63, 3.8) is 0 Å². The molecule has 1 aromatic heterocycles. The van der Waals surface area contributed by atoms with Gasteiger partial charge >= 0.3 is 5.97 Å². The average molecular weight is 432 g/mol. The molecular weight excluding hydrogens is 406 g/mol. The summed E-state index contributed by atoms with van der Waals surface area (Å²) in [6.45, 7) is 4.88. The molecule has 1 aromatic carbocycles. The van der Waals surface area contributed by atoms with E-state index < -0.39 is 24.0 Å². The Balaban J connectivity index is 1.87. The summed E-state index contributed by atoms with van der Waals surface area (Å²) in [7, 11) is 1.46. The molecule has 0 atom stereocenters. The maximum absolute atomic E-state index is 12.3. The quantitative estimate of drug-likeness (QED) is 0.656. The number of benzene rings is 1. The fraction of sp³-hybridized carbons (Fsp3) is 0.333. The SMILES string of the molecule is CN(CC(=O)NC(C)(C)C)C(=O)COC(=O)c1cccc(NC(=O)c2cccs2)c1. The summed E-state index contributed by atoms with van der Waals surface area (Å²) in [6, 6.07) is 9.71. The minimum Gasteiger partial charge on any atom is -0.452 e. The van der Waals surface area contributed by atoms with Crippen LogP contribution < -0.4 is 10.6 Å². The van der Waals surface area contributed by atoms with Crippen LogP contribution in [0.3, 0.4) is 0 Å². The van der Waals surface area contributed by atoms with Crippen LogP contribution in [0.4, 0.5) is 5.69 Å². The first-order valence-corrected chi connectivity index (χ1v) is 10.1. The molecule has 0 aliphatic heterocycles. The third-order valence-corrected chi connectivity index (χ3v) is 4.62. The molecule has 2 N–H and O–H groups in total. The number of nitrogens with zero attached hydrogens (tertiary/aromatic N) is 1. The highest BCUT2D eigenvalue weighted by atomic mass is 32.1. The molecule has 1 heterocycles. The Bertz CT molecular complexity index is 919. The Morgan fingerprint density at radius 3 is 2.47 bits per heavy atom. The summed E-state index contributed by atoms with van der Waals surface area (Å²) in [5, 5.41) is 7.26. The number of esters is 1. The number of carbonyl (C=O) groups is 4. The van der Waals surface area contributed by atoms with E-state index in [1.165, 1.54) is 35.4 Å². The summed E-state index contributed by atoms with van der Waals surface area (Å²) in [6.07, 6.45) is 0. The minimum absolute atomic E-state index is 0.141. The molecule has 0 aliphatic carbocycles. The first-order chi connectivity index (χ1) is 14.0. The van der Waals surface area contributed by atoms with Gasteiger partial charge in [-0.1, -0.05) is 12.1 Å². The predicted molar refractivity (Wildman–Crippen MR) is 115 cm³/mol. The maximum atomic E-state index is 12.3. The zero-order valence-corrected chi connectivity index (χ0v) is 18.2. The van der Waals surface area contributed by atoms with Crippen molar-refractivity contribution in [1.29, 1.82) is 0 Å². The van der Waals surface area contributed by atoms with Crippen molar-refractivity contribution in [3.8, 4) is 0 Å². The standard InChI is InChI=1S/C21H25N3O5S/c1-21(2,3)23-17(25)12-24(4)18(26)13-29-20(28)14-7-5-8-15(11-14)22-19(27)16-9-6-10-30-16/h5-11H,12-13H2,1-4H3,(H,22,27)(H,23,25). The summed E-state index contributed by atoms with van der Waals surface area (Å²) in [5.74, 6) is -1.79. The molecule has 0 radical (unpaired) electrons. The van der Waals surface area contributed by atoms with Crippen molar-refractivity contribution in [2.24, 2.45) is 0 Å². The van der Waals surface area contributed by atoms with E-state index in [1.807, 2.05) is 20.8 Å². The maximum Gasteiger partial charge on any atom is 0.338 e. The van der Waals surface area contributed by atoms with Crippen molar-refractivity contribution < 1.29 is 23.9 Å². The first-order valence-electron chi connectivity index (χ1n) is 9.22. The van der Waals surface area contributed by atoms with Crippen molar-refractivity contribution >= 4 is 40.7 Å². The number of nitrogens with one attached hydrogen (secondary N) is 2. The van der Waals surface area contributed by atoms with E-state index in [0.29, 0.717) is 10.6 Å². The highest BCUT2D eigenvalue weighted by Crippen LogP contribution is 2.15. The van der Waals surface area contributed by atoms with E-state index in [0.717, 1.165) is 0 Å². The topological polar surface area (TPSA) is 105 Å². The average Bonchev–Trinajstić information content (AvgIpc) is 3.19. The molecule has 9 heteroatoms. The molecule has 2 rings (SSSR count). The lowest BCUT2D eigenvalue weighted by atomic mass is 10.1. The number of anilines is 1. The normalized spacial score (nSPS) is 10.8. The Hall–Kier alpha value is -3.20. The highest BCUT2D eigenvalue weighted by molar-refractivity contribution is 7.12. The largest absolute Gasteiger partial charge is 0.452 e. The van der Waals surface area contributed by atoms with Crippen LogP contribution in [0, 0.1) is 0 Å². The fourth-order valence-electron chi connectivity index (χ4n) is 2.41. The van der Waals surface area contributed by atoms with E-state index in [9.17, 15) is 19.2 Å². The van der Waals surface area contributed by atoms with Gasteiger partial charge < -0.3 is 20.3 Å². The van der Waals surface area contributed by atoms with E-state index >= 15 is 0 Å². The molecule has 0 aliphatic rings. The van der Waals surface area contributed by atoms with Crippen LogP contribution in [0.25, 0.3) is 0 Å². The molecule has 2 aromatic rings. The summed E-state index contributed by atoms with van der Waals surface area (Å²) in [5.41, 5.74) is 0.224. The molecule has 0 unspecified atom stereocenters. The second-order valence-electron chi connectivity index (χ2n) is 7.64. The van der Waals surface area contributed by atoms with Crippen LogP contribution in [0.2, 0.25) is 0 Å². The summed E-state index contributed by atoms with van der Waals surface area (Å²) in [4.78, 5) is 50.2. The number of hydrogen-bond donors (Lipinski definition) is 2. The van der Waals surface area contributed by atoms with Crippen LogP contribution >= 0.6 is 11.3 Å². The smallest absolute Gasteiger partial charge is 0.338 e. The summed E-state index contributed by atoms with van der Waals surface area (Å²) >= 11 is 1.31. The number of hydrogen-bond acceptors (Lipinski definition) is 6. The second kappa shape index (κ2) is 10.0. The van der Waals surface area contributed by atoms with Gasteiger partial charge in [-0.2, -0.15) is 0 Å². The third-order valence-electron chi connectivity index (χ3n) is 3.75. The number of ether oxygens (including phenoxy) is 1. The van der Waals surface area contributed by atoms with Gasteiger partial charge in [0, 0.05) is 18.3 Å². The molecule has 160 valence electrons. The van der Waals surface area contributed by atoms with Gasteiger partial charge in [-0.05, 0) is 50.4 Å². The zero-order valence-electron chi connectivity index (χ0n) is 17.4. The fourth-order valence-corrected chi connectivity index (χ4v) is 3.03. The molecule has 0 fully saturated rings. The van der Waals surface area contributed by atoms with Crippen LogP contribution in [-0.4, -0.2) is 54.3 Å². The minimum atomic E-state index is -0.705. The molecule has 0 saturated carbocycles. The number of thiophene rings is 1. The monoisotopic (exact) mass is 431 g/mol. The van der Waals surface area contributed by atoms with Gasteiger partial charge in [0.1, 0.15) is 0 Å². The van der Waals surface area contributed by atoms with Crippen LogP contribution in [-0.2, 0) is 14.3 Å². The first kappa shape index (κ1) is 23.1. The molecular formula is C21H25N3O5S. The second-order valence-corrected chi connectivity index (χ2v) is 8.58. The zero-order chi connectivity index (χ0) is 22.3. The van der Waals surface area contributed by atoms with E-state index in [2.05, 4.69) is 10.6 Å². The van der Waals surface area contributed by atoms with Crippen molar-refractivity contribution in [1.82, 2.24) is 10.2 Å². The van der Waals surface area contributed by atoms with Gasteiger partial charge in [0.25, 0.3) is 11.8 Å². The van der Waals surface area contributed by atoms with Gasteiger partial charge in [-0.15, -0.1) is 11.3 Å². The number of rotatable bonds is 7. The lowest BCUT2D eigenvalue weighted by Crippen LogP contribution is -2.46. The molecule has 8 nitrogen and oxygen atoms in total. The Labute approximate surface area is 179 Å². The number of amides is 3. The predicted octanol–water partition coefficient (Wildman–Crippen LogP) is 2.53. The number of likely N-dealkylation sites (N-methyl/N-ethyl adjacent to an activating group) is 1. The molecule has 30 heavy (non-hydrogen) atoms. The van der Waals surface area contributed by atoms with Gasteiger partial charge in [0.2, 0.25) is 5.91 Å². The van der Waals surface area contributed by atoms with Crippen LogP contribution in [0.1, 0.15) is 40.8 Å². The molecule has 3 amide bonds. The Morgan fingerprint density at radius 2 is 1.83 bits per heavy atom. The van der Waals surface area contributed by atoms with E-state index in [4.69, 9.17) is 4.74 Å². The van der Waals surface area contributed by atoms with Gasteiger partial charge in [-0.3, -0.25) is 14.4 Å². The lowest BCUT2D eigenvalue weighted by Gasteiger charge is -2.23. The third kappa shape index (κ3) is 7.32. The Morgan fingerprint density at radius 1 is 1.10 bits per heavy atom. The molecule has 0 saturated heterocycles. The van der Waals surface area contributed by atoms with E-state index in [-0.39, 0.29) is 23.9 Å². The summed E-state index contributed by atoms with van der Waals surface area (Å²) < 4.78 is 5.05. The van der Waals surface area contributed by atoms with Gasteiger partial charge in [0.15, 0.2) is 6.61 Å². The molecule has 0 bridgehead atoms. The van der Waals surface area contributed by atoms with Crippen molar-refractivity contribution in [2.75, 3.05) is 25.5 Å². The number of carbonyl (C=O) groups excluding carboxylic acids is 4. The Kier molecular flexibility index (Phi) is 7.71. The highest BCUT2D eigenvalue weighted by Gasteiger charge is 2.19. The van der Waals surface area contributed by atoms with E-state index in [1.54, 1.807) is 29.6 Å². The van der Waals surface area contributed by atoms with Gasteiger partial charge in [-0.25, -0.2) is 4.79 Å². The molecule has 0 spiro atoms. The van der Waals surface area contributed by atoms with Crippen molar-refractivity contribution in [2.45, 2.75) is 26.3 Å². The van der Waals surface area contributed by atoms with Crippen LogP contribution in [0.5, 0.6) is 0 Å². The lowest BCUT2D eigenvalue weighted by molar-refractivity contribution is -0.137.